The Hall–Kier alpha value is -0.860. The minimum atomic E-state index is 0.274. The van der Waals surface area contributed by atoms with Crippen LogP contribution in [0.3, 0.4) is 0 Å². The Balaban J connectivity index is 2.86. The molecular formula is C14H24N2. The fourth-order valence-corrected chi connectivity index (χ4v) is 1.96. The van der Waals surface area contributed by atoms with Crippen LogP contribution in [0.2, 0.25) is 0 Å². The van der Waals surface area contributed by atoms with Crippen molar-refractivity contribution in [2.24, 2.45) is 5.73 Å². The molecular weight excluding hydrogens is 196 g/mol. The third kappa shape index (κ3) is 3.32. The topological polar surface area (TPSA) is 38.0 Å². The van der Waals surface area contributed by atoms with Crippen molar-refractivity contribution in [3.8, 4) is 0 Å². The Kier molecular flexibility index (Phi) is 4.97. The van der Waals surface area contributed by atoms with E-state index < -0.39 is 0 Å². The first kappa shape index (κ1) is 13.2. The van der Waals surface area contributed by atoms with Crippen LogP contribution >= 0.6 is 0 Å². The van der Waals surface area contributed by atoms with Crippen molar-refractivity contribution in [1.82, 2.24) is 5.32 Å². The second-order valence-electron chi connectivity index (χ2n) is 4.62. The van der Waals surface area contributed by atoms with E-state index in [0.717, 1.165) is 6.42 Å². The molecule has 2 nitrogen and oxygen atoms in total. The summed E-state index contributed by atoms with van der Waals surface area (Å²) in [6, 6.07) is 7.35. The van der Waals surface area contributed by atoms with Gasteiger partial charge in [-0.2, -0.15) is 0 Å². The number of aryl methyl sites for hydroxylation is 2. The molecule has 3 N–H and O–H groups in total. The SMILES string of the molecule is CCC(C)NC(CN)c1ccc(C)cc1C. The molecule has 0 fully saturated rings. The van der Waals surface area contributed by atoms with Gasteiger partial charge in [0.2, 0.25) is 0 Å². The smallest absolute Gasteiger partial charge is 0.0449 e. The van der Waals surface area contributed by atoms with Gasteiger partial charge in [0.1, 0.15) is 0 Å². The third-order valence-corrected chi connectivity index (χ3v) is 3.13. The molecule has 0 radical (unpaired) electrons. The number of nitrogens with two attached hydrogens (primary N) is 1. The lowest BCUT2D eigenvalue weighted by Gasteiger charge is -2.23. The monoisotopic (exact) mass is 220 g/mol. The van der Waals surface area contributed by atoms with Crippen molar-refractivity contribution >= 4 is 0 Å². The maximum atomic E-state index is 5.85. The Morgan fingerprint density at radius 2 is 2.00 bits per heavy atom. The molecule has 0 saturated carbocycles. The summed E-state index contributed by atoms with van der Waals surface area (Å²) in [7, 11) is 0. The second kappa shape index (κ2) is 6.02. The van der Waals surface area contributed by atoms with Gasteiger partial charge in [-0.1, -0.05) is 30.7 Å². The van der Waals surface area contributed by atoms with E-state index in [0.29, 0.717) is 12.6 Å². The fraction of sp³-hybridized carbons (Fsp3) is 0.571. The van der Waals surface area contributed by atoms with E-state index in [1.54, 1.807) is 0 Å². The van der Waals surface area contributed by atoms with E-state index in [9.17, 15) is 0 Å². The van der Waals surface area contributed by atoms with Crippen LogP contribution in [0, 0.1) is 13.8 Å². The van der Waals surface area contributed by atoms with Crippen molar-refractivity contribution in [2.75, 3.05) is 6.54 Å². The molecule has 0 saturated heterocycles. The Morgan fingerprint density at radius 3 is 2.50 bits per heavy atom. The molecule has 0 bridgehead atoms. The van der Waals surface area contributed by atoms with Gasteiger partial charge in [-0.15, -0.1) is 0 Å². The van der Waals surface area contributed by atoms with E-state index in [1.807, 2.05) is 0 Å². The molecule has 90 valence electrons. The van der Waals surface area contributed by atoms with Crippen LogP contribution in [-0.2, 0) is 0 Å². The van der Waals surface area contributed by atoms with Crippen molar-refractivity contribution in [3.05, 3.63) is 34.9 Å². The predicted octanol–water partition coefficient (Wildman–Crippen LogP) is 2.69. The fourth-order valence-electron chi connectivity index (χ4n) is 1.96. The van der Waals surface area contributed by atoms with Gasteiger partial charge in [0.15, 0.2) is 0 Å². The minimum Gasteiger partial charge on any atom is -0.329 e. The quantitative estimate of drug-likeness (QED) is 0.800. The van der Waals surface area contributed by atoms with Crippen molar-refractivity contribution in [2.45, 2.75) is 46.2 Å². The molecule has 0 heterocycles. The Bertz CT molecular complexity index is 334. The average molecular weight is 220 g/mol. The van der Waals surface area contributed by atoms with Crippen molar-refractivity contribution in [1.29, 1.82) is 0 Å². The minimum absolute atomic E-state index is 0.274. The molecule has 0 aromatic heterocycles. The van der Waals surface area contributed by atoms with Crippen LogP contribution in [0.25, 0.3) is 0 Å². The number of rotatable bonds is 5. The molecule has 2 atom stereocenters. The second-order valence-corrected chi connectivity index (χ2v) is 4.62. The molecule has 2 unspecified atom stereocenters. The average Bonchev–Trinajstić information content (AvgIpc) is 2.26. The molecule has 0 amide bonds. The van der Waals surface area contributed by atoms with Crippen LogP contribution in [-0.4, -0.2) is 12.6 Å². The lowest BCUT2D eigenvalue weighted by molar-refractivity contribution is 0.450. The number of hydrogen-bond acceptors (Lipinski definition) is 2. The third-order valence-electron chi connectivity index (χ3n) is 3.13. The van der Waals surface area contributed by atoms with Gasteiger partial charge in [0.25, 0.3) is 0 Å². The van der Waals surface area contributed by atoms with Gasteiger partial charge in [-0.05, 0) is 38.3 Å². The molecule has 1 aromatic carbocycles. The highest BCUT2D eigenvalue weighted by atomic mass is 15.0. The molecule has 0 aliphatic carbocycles. The molecule has 0 spiro atoms. The van der Waals surface area contributed by atoms with Crippen LogP contribution in [0.1, 0.15) is 43.0 Å². The lowest BCUT2D eigenvalue weighted by Crippen LogP contribution is -2.35. The van der Waals surface area contributed by atoms with E-state index in [2.05, 4.69) is 51.2 Å². The van der Waals surface area contributed by atoms with E-state index in [1.165, 1.54) is 16.7 Å². The van der Waals surface area contributed by atoms with Gasteiger partial charge in [-0.25, -0.2) is 0 Å². The van der Waals surface area contributed by atoms with Crippen molar-refractivity contribution in [3.63, 3.8) is 0 Å². The van der Waals surface area contributed by atoms with Crippen molar-refractivity contribution < 1.29 is 0 Å². The highest BCUT2D eigenvalue weighted by molar-refractivity contribution is 5.33. The van der Waals surface area contributed by atoms with Crippen LogP contribution in [0.15, 0.2) is 18.2 Å². The van der Waals surface area contributed by atoms with Crippen LogP contribution < -0.4 is 11.1 Å². The van der Waals surface area contributed by atoms with E-state index in [4.69, 9.17) is 5.73 Å². The molecule has 0 aliphatic rings. The zero-order chi connectivity index (χ0) is 12.1. The summed E-state index contributed by atoms with van der Waals surface area (Å²) < 4.78 is 0. The normalized spacial score (nSPS) is 14.8. The maximum Gasteiger partial charge on any atom is 0.0449 e. The number of hydrogen-bond donors (Lipinski definition) is 2. The van der Waals surface area contributed by atoms with Gasteiger partial charge < -0.3 is 11.1 Å². The first-order valence-electron chi connectivity index (χ1n) is 6.11. The summed E-state index contributed by atoms with van der Waals surface area (Å²) in [6.45, 7) is 9.31. The highest BCUT2D eigenvalue weighted by Crippen LogP contribution is 2.19. The molecule has 1 aromatic rings. The highest BCUT2D eigenvalue weighted by Gasteiger charge is 2.13. The van der Waals surface area contributed by atoms with E-state index in [-0.39, 0.29) is 6.04 Å². The maximum absolute atomic E-state index is 5.85. The largest absolute Gasteiger partial charge is 0.329 e. The molecule has 16 heavy (non-hydrogen) atoms. The first-order chi connectivity index (χ1) is 7.58. The zero-order valence-corrected chi connectivity index (χ0v) is 10.9. The lowest BCUT2D eigenvalue weighted by atomic mass is 9.98. The first-order valence-corrected chi connectivity index (χ1v) is 6.11. The number of nitrogens with one attached hydrogen (secondary N) is 1. The van der Waals surface area contributed by atoms with Gasteiger partial charge in [0.05, 0.1) is 0 Å². The Labute approximate surface area is 99.2 Å². The van der Waals surface area contributed by atoms with Gasteiger partial charge in [0, 0.05) is 18.6 Å². The molecule has 2 heteroatoms. The van der Waals surface area contributed by atoms with E-state index >= 15 is 0 Å². The van der Waals surface area contributed by atoms with Gasteiger partial charge >= 0.3 is 0 Å². The van der Waals surface area contributed by atoms with Gasteiger partial charge in [-0.3, -0.25) is 0 Å². The van der Waals surface area contributed by atoms with Crippen LogP contribution in [0.4, 0.5) is 0 Å². The summed E-state index contributed by atoms with van der Waals surface area (Å²) in [5.41, 5.74) is 9.81. The number of benzene rings is 1. The predicted molar refractivity (Wildman–Crippen MR) is 70.6 cm³/mol. The molecule has 1 rings (SSSR count). The summed E-state index contributed by atoms with van der Waals surface area (Å²) >= 11 is 0. The van der Waals surface area contributed by atoms with Crippen LogP contribution in [0.5, 0.6) is 0 Å². The zero-order valence-electron chi connectivity index (χ0n) is 10.9. The Morgan fingerprint density at radius 1 is 1.31 bits per heavy atom. The molecule has 0 aliphatic heterocycles. The summed E-state index contributed by atoms with van der Waals surface area (Å²) in [5.74, 6) is 0. The standard InChI is InChI=1S/C14H24N2/c1-5-12(4)16-14(9-15)13-7-6-10(2)8-11(13)3/h6-8,12,14,16H,5,9,15H2,1-4H3. The summed E-state index contributed by atoms with van der Waals surface area (Å²) in [6.07, 6.45) is 1.13. The summed E-state index contributed by atoms with van der Waals surface area (Å²) in [4.78, 5) is 0. The summed E-state index contributed by atoms with van der Waals surface area (Å²) in [5, 5.41) is 3.57.